The quantitative estimate of drug-likeness (QED) is 0.564. The molecule has 0 radical (unpaired) electrons. The van der Waals surface area contributed by atoms with Gasteiger partial charge in [0.05, 0.1) is 0 Å². The largest absolute Gasteiger partial charge is 0.355 e. The van der Waals surface area contributed by atoms with E-state index < -0.39 is 0 Å². The summed E-state index contributed by atoms with van der Waals surface area (Å²) in [6, 6.07) is 0. The third kappa shape index (κ3) is 7.54. The molecule has 0 aliphatic carbocycles. The molecular weight excluding hydrogens is 152 g/mol. The van der Waals surface area contributed by atoms with Crippen LogP contribution in [0.5, 0.6) is 0 Å². The van der Waals surface area contributed by atoms with Gasteiger partial charge in [-0.2, -0.15) is 0 Å². The highest BCUT2D eigenvalue weighted by molar-refractivity contribution is 5.75. The Morgan fingerprint density at radius 2 is 2.08 bits per heavy atom. The second-order valence-electron chi connectivity index (χ2n) is 2.95. The van der Waals surface area contributed by atoms with E-state index >= 15 is 0 Å². The molecule has 0 atom stereocenters. The molecule has 72 valence electrons. The molecule has 0 fully saturated rings. The summed E-state index contributed by atoms with van der Waals surface area (Å²) in [6.45, 7) is 3.29. The van der Waals surface area contributed by atoms with Gasteiger partial charge in [0.15, 0.2) is 0 Å². The lowest BCUT2D eigenvalue weighted by molar-refractivity contribution is -0.121. The van der Waals surface area contributed by atoms with Crippen molar-refractivity contribution < 1.29 is 4.79 Å². The molecule has 1 amide bonds. The van der Waals surface area contributed by atoms with E-state index in [1.165, 1.54) is 12.8 Å². The topological polar surface area (TPSA) is 55.1 Å². The van der Waals surface area contributed by atoms with Crippen molar-refractivity contribution >= 4 is 5.91 Å². The molecule has 0 heterocycles. The van der Waals surface area contributed by atoms with E-state index in [0.717, 1.165) is 12.8 Å². The number of nitrogens with one attached hydrogen (secondary N) is 1. The van der Waals surface area contributed by atoms with Gasteiger partial charge in [0.2, 0.25) is 5.91 Å². The minimum Gasteiger partial charge on any atom is -0.355 e. The molecule has 0 spiro atoms. The maximum absolute atomic E-state index is 11.0. The highest BCUT2D eigenvalue weighted by atomic mass is 16.1. The fourth-order valence-corrected chi connectivity index (χ4v) is 1.01. The van der Waals surface area contributed by atoms with Gasteiger partial charge in [-0.15, -0.1) is 0 Å². The molecule has 3 heteroatoms. The summed E-state index contributed by atoms with van der Waals surface area (Å²) in [4.78, 5) is 11.0. The van der Waals surface area contributed by atoms with Gasteiger partial charge in [-0.05, 0) is 6.42 Å². The van der Waals surface area contributed by atoms with Gasteiger partial charge in [0, 0.05) is 19.5 Å². The van der Waals surface area contributed by atoms with Crippen LogP contribution in [0, 0.1) is 0 Å². The minimum atomic E-state index is 0.136. The number of rotatable bonds is 7. The van der Waals surface area contributed by atoms with E-state index in [9.17, 15) is 4.79 Å². The molecule has 0 aliphatic rings. The van der Waals surface area contributed by atoms with E-state index in [1.54, 1.807) is 0 Å². The van der Waals surface area contributed by atoms with Gasteiger partial charge in [-0.3, -0.25) is 4.79 Å². The van der Waals surface area contributed by atoms with Crippen LogP contribution in [0.1, 0.15) is 39.0 Å². The van der Waals surface area contributed by atoms with Crippen molar-refractivity contribution in [1.82, 2.24) is 5.32 Å². The molecule has 0 aromatic heterocycles. The summed E-state index contributed by atoms with van der Waals surface area (Å²) >= 11 is 0. The number of hydrogen-bond acceptors (Lipinski definition) is 2. The van der Waals surface area contributed by atoms with Gasteiger partial charge >= 0.3 is 0 Å². The smallest absolute Gasteiger partial charge is 0.220 e. The first-order valence-electron chi connectivity index (χ1n) is 4.78. The molecule has 3 N–H and O–H groups in total. The monoisotopic (exact) mass is 172 g/mol. The Balaban J connectivity index is 3.08. The Kier molecular flexibility index (Phi) is 8.12. The molecule has 12 heavy (non-hydrogen) atoms. The number of amides is 1. The van der Waals surface area contributed by atoms with Crippen LogP contribution >= 0.6 is 0 Å². The van der Waals surface area contributed by atoms with Crippen LogP contribution in [-0.2, 0) is 4.79 Å². The van der Waals surface area contributed by atoms with Crippen LogP contribution in [0.3, 0.4) is 0 Å². The summed E-state index contributed by atoms with van der Waals surface area (Å²) < 4.78 is 0. The molecule has 0 saturated carbocycles. The molecule has 0 aromatic rings. The fourth-order valence-electron chi connectivity index (χ4n) is 1.01. The molecule has 0 rings (SSSR count). The van der Waals surface area contributed by atoms with Crippen LogP contribution in [0.15, 0.2) is 0 Å². The number of nitrogens with two attached hydrogens (primary N) is 1. The Bertz CT molecular complexity index is 115. The van der Waals surface area contributed by atoms with Crippen molar-refractivity contribution in [2.24, 2.45) is 5.73 Å². The van der Waals surface area contributed by atoms with Crippen LogP contribution in [-0.4, -0.2) is 19.0 Å². The lowest BCUT2D eigenvalue weighted by Gasteiger charge is -2.02. The first-order chi connectivity index (χ1) is 5.81. The van der Waals surface area contributed by atoms with Crippen molar-refractivity contribution in [2.75, 3.05) is 13.1 Å². The Labute approximate surface area is 74.7 Å². The van der Waals surface area contributed by atoms with E-state index in [4.69, 9.17) is 5.73 Å². The van der Waals surface area contributed by atoms with Gasteiger partial charge in [-0.25, -0.2) is 0 Å². The lowest BCUT2D eigenvalue weighted by atomic mass is 10.1. The van der Waals surface area contributed by atoms with Gasteiger partial charge in [0.1, 0.15) is 0 Å². The van der Waals surface area contributed by atoms with E-state index in [1.807, 2.05) is 0 Å². The summed E-state index contributed by atoms with van der Waals surface area (Å²) in [6.07, 6.45) is 5.26. The van der Waals surface area contributed by atoms with Crippen molar-refractivity contribution in [2.45, 2.75) is 39.0 Å². The van der Waals surface area contributed by atoms with Crippen LogP contribution < -0.4 is 11.1 Å². The summed E-state index contributed by atoms with van der Waals surface area (Å²) in [5, 5.41) is 2.75. The molecule has 0 aromatic carbocycles. The minimum absolute atomic E-state index is 0.136. The van der Waals surface area contributed by atoms with Crippen LogP contribution in [0.4, 0.5) is 0 Å². The number of carbonyl (C=O) groups excluding carboxylic acids is 1. The first-order valence-corrected chi connectivity index (χ1v) is 4.78. The Hall–Kier alpha value is -0.570. The highest BCUT2D eigenvalue weighted by Crippen LogP contribution is 2.01. The number of carbonyl (C=O) groups is 1. The average Bonchev–Trinajstić information content (AvgIpc) is 2.09. The summed E-state index contributed by atoms with van der Waals surface area (Å²) in [7, 11) is 0. The van der Waals surface area contributed by atoms with E-state index in [0.29, 0.717) is 19.5 Å². The van der Waals surface area contributed by atoms with Crippen LogP contribution in [0.25, 0.3) is 0 Å². The molecule has 3 nitrogen and oxygen atoms in total. The van der Waals surface area contributed by atoms with Gasteiger partial charge in [-0.1, -0.05) is 26.2 Å². The standard InChI is InChI=1S/C9H20N2O/c1-2-3-4-5-6-9(12)11-8-7-10/h2-8,10H2,1H3,(H,11,12). The normalized spacial score (nSPS) is 9.83. The second-order valence-corrected chi connectivity index (χ2v) is 2.95. The fraction of sp³-hybridized carbons (Fsp3) is 0.889. The second kappa shape index (κ2) is 8.53. The SMILES string of the molecule is CCCCCCC(=O)NCCN. The highest BCUT2D eigenvalue weighted by Gasteiger charge is 1.98. The number of hydrogen-bond donors (Lipinski definition) is 2. The van der Waals surface area contributed by atoms with E-state index in [-0.39, 0.29) is 5.91 Å². The third-order valence-corrected chi connectivity index (χ3v) is 1.72. The van der Waals surface area contributed by atoms with Crippen LogP contribution in [0.2, 0.25) is 0 Å². The molecular formula is C9H20N2O. The first kappa shape index (κ1) is 11.4. The Morgan fingerprint density at radius 1 is 1.33 bits per heavy atom. The predicted octanol–water partition coefficient (Wildman–Crippen LogP) is 1.03. The van der Waals surface area contributed by atoms with Crippen molar-refractivity contribution in [3.05, 3.63) is 0 Å². The third-order valence-electron chi connectivity index (χ3n) is 1.72. The Morgan fingerprint density at radius 3 is 2.67 bits per heavy atom. The van der Waals surface area contributed by atoms with Gasteiger partial charge in [0.25, 0.3) is 0 Å². The van der Waals surface area contributed by atoms with E-state index in [2.05, 4.69) is 12.2 Å². The summed E-state index contributed by atoms with van der Waals surface area (Å²) in [5.74, 6) is 0.136. The predicted molar refractivity (Wildman–Crippen MR) is 50.8 cm³/mol. The van der Waals surface area contributed by atoms with Crippen molar-refractivity contribution in [3.63, 3.8) is 0 Å². The van der Waals surface area contributed by atoms with Gasteiger partial charge < -0.3 is 11.1 Å². The van der Waals surface area contributed by atoms with Crippen molar-refractivity contribution in [1.29, 1.82) is 0 Å². The molecule has 0 aliphatic heterocycles. The zero-order valence-corrected chi connectivity index (χ0v) is 7.94. The zero-order chi connectivity index (χ0) is 9.23. The van der Waals surface area contributed by atoms with Crippen molar-refractivity contribution in [3.8, 4) is 0 Å². The molecule has 0 bridgehead atoms. The summed E-state index contributed by atoms with van der Waals surface area (Å²) in [5.41, 5.74) is 5.24. The zero-order valence-electron chi connectivity index (χ0n) is 7.94. The molecule has 0 unspecified atom stereocenters. The molecule has 0 saturated heterocycles. The lowest BCUT2D eigenvalue weighted by Crippen LogP contribution is -2.28. The number of unbranched alkanes of at least 4 members (excludes halogenated alkanes) is 3. The average molecular weight is 172 g/mol. The maximum Gasteiger partial charge on any atom is 0.220 e. The maximum atomic E-state index is 11.0.